The Morgan fingerprint density at radius 2 is 1.62 bits per heavy atom. The second-order valence-electron chi connectivity index (χ2n) is 8.23. The number of carbonyl (C=O) groups is 3. The molecule has 0 aromatic heterocycles. The van der Waals surface area contributed by atoms with Crippen molar-refractivity contribution in [2.24, 2.45) is 0 Å². The number of anilines is 1. The van der Waals surface area contributed by atoms with Crippen molar-refractivity contribution in [3.8, 4) is 11.1 Å². The summed E-state index contributed by atoms with van der Waals surface area (Å²) in [5, 5.41) is 5.64. The Morgan fingerprint density at radius 1 is 0.853 bits per heavy atom. The third kappa shape index (κ3) is 6.18. The highest BCUT2D eigenvalue weighted by molar-refractivity contribution is 6.11. The maximum atomic E-state index is 12.9. The van der Waals surface area contributed by atoms with E-state index in [-0.39, 0.29) is 30.4 Å². The average Bonchev–Trinajstić information content (AvgIpc) is 3.11. The Morgan fingerprint density at radius 3 is 2.38 bits per heavy atom. The normalized spacial score (nSPS) is 11.6. The molecule has 7 nitrogen and oxygen atoms in total. The molecule has 0 atom stereocenters. The van der Waals surface area contributed by atoms with Gasteiger partial charge in [0, 0.05) is 63.4 Å². The van der Waals surface area contributed by atoms with Crippen LogP contribution in [0.5, 0.6) is 0 Å². The number of nitrogens with one attached hydrogen (secondary N) is 2. The van der Waals surface area contributed by atoms with Crippen molar-refractivity contribution in [3.63, 3.8) is 0 Å². The number of hydrogen-bond acceptors (Lipinski definition) is 5. The SMILES string of the molecule is C=C1c2cc(NC(=O)CCCC(=O)NCCOC)ccc2-c2c1cccc2C(=O)CCCOC. The number of Topliss-reactive ketones (excluding diaryl/α,β-unsaturated/α-hetero) is 1. The van der Waals surface area contributed by atoms with E-state index in [0.29, 0.717) is 50.3 Å². The molecule has 0 heterocycles. The van der Waals surface area contributed by atoms with Crippen LogP contribution in [-0.4, -0.2) is 51.6 Å². The Labute approximate surface area is 200 Å². The largest absolute Gasteiger partial charge is 0.385 e. The van der Waals surface area contributed by atoms with E-state index in [0.717, 1.165) is 27.8 Å². The van der Waals surface area contributed by atoms with Crippen LogP contribution in [0.1, 0.15) is 53.6 Å². The van der Waals surface area contributed by atoms with Crippen LogP contribution in [0.3, 0.4) is 0 Å². The number of ketones is 1. The molecule has 0 aliphatic heterocycles. The highest BCUT2D eigenvalue weighted by Crippen LogP contribution is 2.46. The molecule has 0 radical (unpaired) electrons. The molecule has 34 heavy (non-hydrogen) atoms. The highest BCUT2D eigenvalue weighted by Gasteiger charge is 2.27. The molecule has 2 N–H and O–H groups in total. The third-order valence-electron chi connectivity index (χ3n) is 5.78. The molecule has 0 saturated heterocycles. The lowest BCUT2D eigenvalue weighted by molar-refractivity contribution is -0.121. The molecule has 1 aliphatic rings. The summed E-state index contributed by atoms with van der Waals surface area (Å²) in [4.78, 5) is 37.0. The third-order valence-corrected chi connectivity index (χ3v) is 5.78. The van der Waals surface area contributed by atoms with Gasteiger partial charge in [-0.25, -0.2) is 0 Å². The van der Waals surface area contributed by atoms with E-state index in [9.17, 15) is 14.4 Å². The lowest BCUT2D eigenvalue weighted by Crippen LogP contribution is -2.26. The molecule has 0 saturated carbocycles. The van der Waals surface area contributed by atoms with Crippen LogP contribution < -0.4 is 10.6 Å². The summed E-state index contributed by atoms with van der Waals surface area (Å²) in [6, 6.07) is 11.4. The monoisotopic (exact) mass is 464 g/mol. The van der Waals surface area contributed by atoms with Crippen molar-refractivity contribution in [1.29, 1.82) is 0 Å². The van der Waals surface area contributed by atoms with E-state index in [1.807, 2.05) is 36.4 Å². The fraction of sp³-hybridized carbons (Fsp3) is 0.370. The number of fused-ring (bicyclic) bond motifs is 3. The number of ether oxygens (including phenoxy) is 2. The van der Waals surface area contributed by atoms with E-state index < -0.39 is 0 Å². The number of rotatable bonds is 13. The maximum absolute atomic E-state index is 12.9. The van der Waals surface area contributed by atoms with Crippen molar-refractivity contribution in [2.45, 2.75) is 32.1 Å². The minimum Gasteiger partial charge on any atom is -0.385 e. The van der Waals surface area contributed by atoms with E-state index in [4.69, 9.17) is 9.47 Å². The zero-order valence-corrected chi connectivity index (χ0v) is 19.9. The summed E-state index contributed by atoms with van der Waals surface area (Å²) in [5.74, 6) is -0.165. The van der Waals surface area contributed by atoms with Gasteiger partial charge in [-0.3, -0.25) is 14.4 Å². The lowest BCUT2D eigenvalue weighted by atomic mass is 9.94. The maximum Gasteiger partial charge on any atom is 0.224 e. The first-order valence-electron chi connectivity index (χ1n) is 11.5. The Hall–Kier alpha value is -3.29. The van der Waals surface area contributed by atoms with Gasteiger partial charge in [-0.15, -0.1) is 0 Å². The summed E-state index contributed by atoms with van der Waals surface area (Å²) < 4.78 is 9.96. The van der Waals surface area contributed by atoms with Gasteiger partial charge in [-0.2, -0.15) is 0 Å². The molecule has 3 rings (SSSR count). The molecule has 180 valence electrons. The van der Waals surface area contributed by atoms with E-state index in [1.165, 1.54) is 0 Å². The molecule has 0 unspecified atom stereocenters. The highest BCUT2D eigenvalue weighted by atomic mass is 16.5. The predicted octanol–water partition coefficient (Wildman–Crippen LogP) is 4.21. The summed E-state index contributed by atoms with van der Waals surface area (Å²) in [6.07, 6.45) is 2.09. The van der Waals surface area contributed by atoms with Crippen LogP contribution in [0.4, 0.5) is 5.69 Å². The topological polar surface area (TPSA) is 93.7 Å². The van der Waals surface area contributed by atoms with E-state index in [2.05, 4.69) is 17.2 Å². The Bertz CT molecular complexity index is 1080. The lowest BCUT2D eigenvalue weighted by Gasteiger charge is -2.10. The number of methoxy groups -OCH3 is 2. The molecule has 2 amide bonds. The standard InChI is InChI=1S/C27H32N2O5/c1-18-20-7-4-8-22(24(30)9-6-15-33-2)27(20)21-13-12-19(17-23(18)21)29-26(32)11-5-10-25(31)28-14-16-34-3/h4,7-8,12-13,17H,1,5-6,9-11,14-16H2,2-3H3,(H,28,31)(H,29,32). The van der Waals surface area contributed by atoms with Crippen LogP contribution >= 0.6 is 0 Å². The average molecular weight is 465 g/mol. The van der Waals surface area contributed by atoms with E-state index in [1.54, 1.807) is 14.2 Å². The first-order chi connectivity index (χ1) is 16.5. The van der Waals surface area contributed by atoms with Crippen molar-refractivity contribution >= 4 is 28.9 Å². The van der Waals surface area contributed by atoms with Gasteiger partial charge >= 0.3 is 0 Å². The van der Waals surface area contributed by atoms with Gasteiger partial charge in [-0.1, -0.05) is 30.8 Å². The quantitative estimate of drug-likeness (QED) is 0.292. The summed E-state index contributed by atoms with van der Waals surface area (Å²) in [6.45, 7) is 5.71. The zero-order chi connectivity index (χ0) is 24.5. The molecular weight excluding hydrogens is 432 g/mol. The van der Waals surface area contributed by atoms with Crippen LogP contribution in [0.25, 0.3) is 16.7 Å². The van der Waals surface area contributed by atoms with Crippen molar-refractivity contribution in [2.75, 3.05) is 39.3 Å². The van der Waals surface area contributed by atoms with Gasteiger partial charge in [0.2, 0.25) is 11.8 Å². The fourth-order valence-corrected chi connectivity index (χ4v) is 4.09. The molecule has 0 spiro atoms. The number of carbonyl (C=O) groups excluding carboxylic acids is 3. The van der Waals surface area contributed by atoms with Crippen molar-refractivity contribution in [1.82, 2.24) is 5.32 Å². The Balaban J connectivity index is 1.65. The number of benzene rings is 2. The second-order valence-corrected chi connectivity index (χ2v) is 8.23. The van der Waals surface area contributed by atoms with Gasteiger partial charge in [0.05, 0.1) is 6.61 Å². The van der Waals surface area contributed by atoms with Crippen molar-refractivity contribution in [3.05, 3.63) is 59.7 Å². The zero-order valence-electron chi connectivity index (χ0n) is 19.9. The van der Waals surface area contributed by atoms with Crippen LogP contribution in [0.15, 0.2) is 43.0 Å². The fourth-order valence-electron chi connectivity index (χ4n) is 4.09. The molecule has 2 aromatic carbocycles. The summed E-state index contributed by atoms with van der Waals surface area (Å²) in [5.41, 5.74) is 5.88. The first-order valence-corrected chi connectivity index (χ1v) is 11.5. The molecule has 0 bridgehead atoms. The predicted molar refractivity (Wildman–Crippen MR) is 133 cm³/mol. The van der Waals surface area contributed by atoms with Gasteiger partial charge in [0.15, 0.2) is 5.78 Å². The molecular formula is C27H32N2O5. The van der Waals surface area contributed by atoms with Crippen LogP contribution in [0.2, 0.25) is 0 Å². The smallest absolute Gasteiger partial charge is 0.224 e. The Kier molecular flexibility index (Phi) is 9.13. The minimum atomic E-state index is -0.153. The van der Waals surface area contributed by atoms with E-state index >= 15 is 0 Å². The summed E-state index contributed by atoms with van der Waals surface area (Å²) >= 11 is 0. The number of amides is 2. The minimum absolute atomic E-state index is 0.0817. The second kappa shape index (κ2) is 12.3. The van der Waals surface area contributed by atoms with Crippen LogP contribution in [0, 0.1) is 0 Å². The van der Waals surface area contributed by atoms with Crippen molar-refractivity contribution < 1.29 is 23.9 Å². The van der Waals surface area contributed by atoms with Crippen LogP contribution in [-0.2, 0) is 19.1 Å². The molecule has 0 fully saturated rings. The summed E-state index contributed by atoms with van der Waals surface area (Å²) in [7, 11) is 3.20. The van der Waals surface area contributed by atoms with Gasteiger partial charge < -0.3 is 20.1 Å². The van der Waals surface area contributed by atoms with Gasteiger partial charge in [0.1, 0.15) is 0 Å². The van der Waals surface area contributed by atoms with Gasteiger partial charge in [-0.05, 0) is 47.2 Å². The number of hydrogen-bond donors (Lipinski definition) is 2. The first kappa shape index (κ1) is 25.3. The molecule has 7 heteroatoms. The van der Waals surface area contributed by atoms with Gasteiger partial charge in [0.25, 0.3) is 0 Å². The molecule has 1 aliphatic carbocycles. The molecule has 2 aromatic rings.